The first kappa shape index (κ1) is 30.9. The molecule has 0 aliphatic carbocycles. The summed E-state index contributed by atoms with van der Waals surface area (Å²) in [6.45, 7) is 0.904. The normalized spacial score (nSPS) is 11.1. The second-order valence-corrected chi connectivity index (χ2v) is 10.7. The molecule has 0 saturated heterocycles. The Hall–Kier alpha value is -6.70. The van der Waals surface area contributed by atoms with Crippen LogP contribution in [0.2, 0.25) is 0 Å². The maximum absolute atomic E-state index is 12.5. The third kappa shape index (κ3) is 6.47. The molecule has 0 spiro atoms. The van der Waals surface area contributed by atoms with Gasteiger partial charge in [-0.05, 0) is 62.4 Å². The maximum Gasteiger partial charge on any atom is 0.387 e. The molecule has 0 saturated carbocycles. The Morgan fingerprint density at radius 3 is 1.61 bits per heavy atom. The monoisotopic (exact) mass is 656 g/mol. The van der Waals surface area contributed by atoms with Crippen molar-refractivity contribution in [2.75, 3.05) is 0 Å². The molecule has 12 nitrogen and oxygen atoms in total. The van der Waals surface area contributed by atoms with Crippen molar-refractivity contribution < 1.29 is 18.6 Å². The Labute approximate surface area is 277 Å². The van der Waals surface area contributed by atoms with E-state index in [9.17, 15) is 13.9 Å². The Morgan fingerprint density at radius 1 is 0.612 bits per heavy atom. The van der Waals surface area contributed by atoms with Gasteiger partial charge in [0.15, 0.2) is 22.9 Å². The van der Waals surface area contributed by atoms with Gasteiger partial charge in [-0.3, -0.25) is 29.1 Å². The summed E-state index contributed by atoms with van der Waals surface area (Å²) >= 11 is 0. The fourth-order valence-corrected chi connectivity index (χ4v) is 5.08. The molecule has 242 valence electrons. The molecule has 0 fully saturated rings. The van der Waals surface area contributed by atoms with E-state index in [-0.39, 0.29) is 11.5 Å². The molecule has 8 heterocycles. The van der Waals surface area contributed by atoms with Gasteiger partial charge in [-0.1, -0.05) is 12.1 Å². The van der Waals surface area contributed by atoms with Crippen molar-refractivity contribution >= 4 is 22.3 Å². The maximum atomic E-state index is 12.5. The molecule has 0 aliphatic heterocycles. The summed E-state index contributed by atoms with van der Waals surface area (Å²) < 4.78 is 33.1. The highest BCUT2D eigenvalue weighted by molar-refractivity contribution is 5.81. The van der Waals surface area contributed by atoms with Gasteiger partial charge in [0.1, 0.15) is 33.9 Å². The zero-order valence-electron chi connectivity index (χ0n) is 26.1. The molecule has 8 aromatic heterocycles. The number of aromatic hydroxyl groups is 1. The number of pyridine rings is 6. The number of aryl methyl sites for hydroxylation is 2. The number of halogens is 2. The van der Waals surface area contributed by atoms with Crippen molar-refractivity contribution in [3.05, 3.63) is 121 Å². The number of nitrogens with zero attached hydrogens (tertiary/aromatic N) is 10. The van der Waals surface area contributed by atoms with Crippen LogP contribution in [0.4, 0.5) is 8.78 Å². The third-order valence-corrected chi connectivity index (χ3v) is 7.28. The van der Waals surface area contributed by atoms with Gasteiger partial charge in [-0.15, -0.1) is 0 Å². The first-order chi connectivity index (χ1) is 23.8. The molecule has 8 rings (SSSR count). The number of ether oxygens (including phenoxy) is 1. The Balaban J connectivity index is 0.000000155. The van der Waals surface area contributed by atoms with Crippen LogP contribution >= 0.6 is 0 Å². The molecule has 0 aliphatic rings. The van der Waals surface area contributed by atoms with Crippen molar-refractivity contribution in [3.8, 4) is 45.9 Å². The first-order valence-electron chi connectivity index (χ1n) is 14.9. The predicted octanol–water partition coefficient (Wildman–Crippen LogP) is 6.68. The molecule has 0 radical (unpaired) electrons. The molecular weight excluding hydrogens is 630 g/mol. The number of hydrogen-bond donors (Lipinski definition) is 1. The van der Waals surface area contributed by atoms with E-state index in [0.717, 1.165) is 28.5 Å². The number of aromatic nitrogens is 10. The van der Waals surface area contributed by atoms with E-state index >= 15 is 0 Å². The summed E-state index contributed by atoms with van der Waals surface area (Å²) in [7, 11) is 0. The molecule has 0 atom stereocenters. The van der Waals surface area contributed by atoms with Crippen LogP contribution in [0.3, 0.4) is 0 Å². The molecule has 0 bridgehead atoms. The molecule has 0 unspecified atom stereocenters. The van der Waals surface area contributed by atoms with Crippen LogP contribution in [0.15, 0.2) is 110 Å². The van der Waals surface area contributed by atoms with E-state index in [1.807, 2.05) is 73.0 Å². The fraction of sp³-hybridized carbons (Fsp3) is 0.0857. The third-order valence-electron chi connectivity index (χ3n) is 7.28. The second kappa shape index (κ2) is 13.2. The van der Waals surface area contributed by atoms with Crippen LogP contribution in [0.25, 0.3) is 56.7 Å². The van der Waals surface area contributed by atoms with Gasteiger partial charge in [0.25, 0.3) is 0 Å². The average Bonchev–Trinajstić information content (AvgIpc) is 3.68. The lowest BCUT2D eigenvalue weighted by Gasteiger charge is -2.08. The highest BCUT2D eigenvalue weighted by Gasteiger charge is 2.19. The van der Waals surface area contributed by atoms with Crippen molar-refractivity contribution in [2.24, 2.45) is 0 Å². The Bertz CT molecular complexity index is 2370. The van der Waals surface area contributed by atoms with E-state index in [2.05, 4.69) is 44.6 Å². The van der Waals surface area contributed by atoms with Crippen molar-refractivity contribution in [3.63, 3.8) is 0 Å². The minimum absolute atomic E-state index is 0.0493. The lowest BCUT2D eigenvalue weighted by atomic mass is 10.3. The summed E-state index contributed by atoms with van der Waals surface area (Å²) in [5.41, 5.74) is 6.92. The van der Waals surface area contributed by atoms with E-state index < -0.39 is 6.61 Å². The van der Waals surface area contributed by atoms with Gasteiger partial charge in [0, 0.05) is 35.9 Å². The van der Waals surface area contributed by atoms with E-state index in [1.165, 1.54) is 18.5 Å². The first-order valence-corrected chi connectivity index (χ1v) is 14.9. The lowest BCUT2D eigenvalue weighted by Crippen LogP contribution is -2.03. The van der Waals surface area contributed by atoms with Gasteiger partial charge in [0.05, 0.1) is 36.2 Å². The molecule has 8 aromatic rings. The molecule has 0 amide bonds. The highest BCUT2D eigenvalue weighted by Crippen LogP contribution is 2.29. The molecule has 0 aromatic carbocycles. The van der Waals surface area contributed by atoms with E-state index in [0.29, 0.717) is 39.7 Å². The van der Waals surface area contributed by atoms with Crippen LogP contribution in [0.5, 0.6) is 11.5 Å². The fourth-order valence-electron chi connectivity index (χ4n) is 5.08. The van der Waals surface area contributed by atoms with E-state index in [1.54, 1.807) is 41.5 Å². The minimum atomic E-state index is -2.92. The summed E-state index contributed by atoms with van der Waals surface area (Å²) in [5, 5.41) is 9.67. The zero-order chi connectivity index (χ0) is 33.9. The SMILES string of the molecule is Cc1ccc(-n2c(-c3ccccn3)nc3cc(O)cnc32)cn1.Cc1ccc(-n2c(-c3ccccn3)nc3cc(OC(F)F)cnc32)cn1. The van der Waals surface area contributed by atoms with Gasteiger partial charge >= 0.3 is 6.61 Å². The summed E-state index contributed by atoms with van der Waals surface area (Å²) in [6, 6.07) is 21.8. The van der Waals surface area contributed by atoms with Gasteiger partial charge in [-0.25, -0.2) is 19.9 Å². The summed E-state index contributed by atoms with van der Waals surface area (Å²) in [6.07, 6.45) is 9.51. The van der Waals surface area contributed by atoms with Crippen LogP contribution in [-0.2, 0) is 0 Å². The number of hydrogen-bond acceptors (Lipinski definition) is 10. The van der Waals surface area contributed by atoms with Crippen molar-refractivity contribution in [2.45, 2.75) is 20.5 Å². The molecule has 14 heteroatoms. The average molecular weight is 657 g/mol. The molecule has 1 N–H and O–H groups in total. The van der Waals surface area contributed by atoms with E-state index in [4.69, 9.17) is 0 Å². The zero-order valence-corrected chi connectivity index (χ0v) is 26.1. The highest BCUT2D eigenvalue weighted by atomic mass is 19.3. The summed E-state index contributed by atoms with van der Waals surface area (Å²) in [5.74, 6) is 1.22. The second-order valence-electron chi connectivity index (χ2n) is 10.7. The predicted molar refractivity (Wildman–Crippen MR) is 178 cm³/mol. The standard InChI is InChI=1S/C18H13F2N5O.C17H13N5O/c1-11-5-6-12(9-22-11)25-16-15(8-13(10-23-16)26-18(19)20)24-17(25)14-4-2-3-7-21-14;1-11-5-6-12(9-19-11)22-16-15(8-13(23)10-20-16)21-17(22)14-4-2-3-7-18-14/h2-10,18H,1H3;2-10,23H,1H3. The van der Waals surface area contributed by atoms with Crippen LogP contribution < -0.4 is 4.74 Å². The van der Waals surface area contributed by atoms with Crippen LogP contribution in [0, 0.1) is 13.8 Å². The molecule has 49 heavy (non-hydrogen) atoms. The Kier molecular flexibility index (Phi) is 8.33. The number of rotatable bonds is 6. The van der Waals surface area contributed by atoms with Crippen LogP contribution in [0.1, 0.15) is 11.4 Å². The number of imidazole rings is 2. The lowest BCUT2D eigenvalue weighted by molar-refractivity contribution is -0.0499. The smallest absolute Gasteiger partial charge is 0.387 e. The quantitative estimate of drug-likeness (QED) is 0.206. The summed E-state index contributed by atoms with van der Waals surface area (Å²) in [4.78, 5) is 35.1. The number of fused-ring (bicyclic) bond motifs is 2. The van der Waals surface area contributed by atoms with Crippen LogP contribution in [-0.4, -0.2) is 60.7 Å². The Morgan fingerprint density at radius 2 is 1.14 bits per heavy atom. The van der Waals surface area contributed by atoms with Gasteiger partial charge < -0.3 is 9.84 Å². The largest absolute Gasteiger partial charge is 0.506 e. The number of alkyl halides is 2. The van der Waals surface area contributed by atoms with Gasteiger partial charge in [-0.2, -0.15) is 8.78 Å². The molecular formula is C35H26F2N10O2. The van der Waals surface area contributed by atoms with Gasteiger partial charge in [0.2, 0.25) is 0 Å². The van der Waals surface area contributed by atoms with Crippen molar-refractivity contribution in [1.82, 2.24) is 49.0 Å². The van der Waals surface area contributed by atoms with Crippen molar-refractivity contribution in [1.29, 1.82) is 0 Å². The minimum Gasteiger partial charge on any atom is -0.506 e. The topological polar surface area (TPSA) is 142 Å².